The fourth-order valence-corrected chi connectivity index (χ4v) is 1.51. The average molecular weight is 235 g/mol. The predicted octanol–water partition coefficient (Wildman–Crippen LogP) is 2.60. The van der Waals surface area contributed by atoms with Crippen molar-refractivity contribution in [3.05, 3.63) is 29.3 Å². The number of nitrogens with one attached hydrogen (secondary N) is 1. The number of aryl methyl sites for hydroxylation is 2. The Morgan fingerprint density at radius 3 is 2.71 bits per heavy atom. The van der Waals surface area contributed by atoms with Gasteiger partial charge in [0.1, 0.15) is 5.75 Å². The topological polar surface area (TPSA) is 38.3 Å². The Morgan fingerprint density at radius 1 is 1.35 bits per heavy atom. The van der Waals surface area contributed by atoms with E-state index in [-0.39, 0.29) is 11.9 Å². The molecule has 1 aromatic rings. The number of carbonyl (C=O) groups excluding carboxylic acids is 1. The van der Waals surface area contributed by atoms with Crippen LogP contribution in [0, 0.1) is 13.8 Å². The third-order valence-corrected chi connectivity index (χ3v) is 2.38. The van der Waals surface area contributed by atoms with Crippen LogP contribution in [0.25, 0.3) is 0 Å². The minimum atomic E-state index is 0.0327. The van der Waals surface area contributed by atoms with E-state index in [1.807, 2.05) is 45.9 Å². The Hall–Kier alpha value is -1.51. The summed E-state index contributed by atoms with van der Waals surface area (Å²) in [5.41, 5.74) is 2.26. The maximum atomic E-state index is 11.4. The van der Waals surface area contributed by atoms with Gasteiger partial charge in [0.2, 0.25) is 5.91 Å². The van der Waals surface area contributed by atoms with Crippen molar-refractivity contribution < 1.29 is 9.53 Å². The predicted molar refractivity (Wildman–Crippen MR) is 69.3 cm³/mol. The SMILES string of the molecule is Cc1ccc(C)c(OCCC(=O)NC(C)C)c1. The third kappa shape index (κ3) is 4.89. The number of rotatable bonds is 5. The van der Waals surface area contributed by atoms with E-state index in [4.69, 9.17) is 4.74 Å². The van der Waals surface area contributed by atoms with Crippen LogP contribution in [0.1, 0.15) is 31.4 Å². The first kappa shape index (κ1) is 13.6. The zero-order valence-corrected chi connectivity index (χ0v) is 11.0. The van der Waals surface area contributed by atoms with Gasteiger partial charge >= 0.3 is 0 Å². The summed E-state index contributed by atoms with van der Waals surface area (Å²) >= 11 is 0. The molecular weight excluding hydrogens is 214 g/mol. The lowest BCUT2D eigenvalue weighted by atomic mass is 10.1. The van der Waals surface area contributed by atoms with Gasteiger partial charge in [-0.25, -0.2) is 0 Å². The van der Waals surface area contributed by atoms with Crippen molar-refractivity contribution in [2.75, 3.05) is 6.61 Å². The highest BCUT2D eigenvalue weighted by Gasteiger charge is 2.04. The lowest BCUT2D eigenvalue weighted by molar-refractivity contribution is -0.122. The van der Waals surface area contributed by atoms with Crippen molar-refractivity contribution in [3.63, 3.8) is 0 Å². The van der Waals surface area contributed by atoms with Crippen LogP contribution in [0.3, 0.4) is 0 Å². The molecule has 0 atom stereocenters. The molecule has 0 bridgehead atoms. The van der Waals surface area contributed by atoms with Crippen molar-refractivity contribution in [2.45, 2.75) is 40.2 Å². The second kappa shape index (κ2) is 6.28. The molecule has 0 heterocycles. The third-order valence-electron chi connectivity index (χ3n) is 2.38. The smallest absolute Gasteiger partial charge is 0.223 e. The van der Waals surface area contributed by atoms with Gasteiger partial charge in [-0.05, 0) is 44.9 Å². The molecule has 0 saturated heterocycles. The molecule has 0 fully saturated rings. The number of hydrogen-bond acceptors (Lipinski definition) is 2. The van der Waals surface area contributed by atoms with Gasteiger partial charge in [-0.1, -0.05) is 12.1 Å². The molecule has 0 radical (unpaired) electrons. The Kier molecular flexibility index (Phi) is 5.01. The van der Waals surface area contributed by atoms with Crippen molar-refractivity contribution in [2.24, 2.45) is 0 Å². The maximum Gasteiger partial charge on any atom is 0.223 e. The number of hydrogen-bond donors (Lipinski definition) is 1. The number of amides is 1. The molecule has 94 valence electrons. The summed E-state index contributed by atoms with van der Waals surface area (Å²) in [4.78, 5) is 11.4. The Labute approximate surface area is 103 Å². The lowest BCUT2D eigenvalue weighted by Crippen LogP contribution is -2.31. The van der Waals surface area contributed by atoms with Crippen LogP contribution < -0.4 is 10.1 Å². The van der Waals surface area contributed by atoms with E-state index in [1.54, 1.807) is 0 Å². The maximum absolute atomic E-state index is 11.4. The highest BCUT2D eigenvalue weighted by molar-refractivity contribution is 5.76. The van der Waals surface area contributed by atoms with E-state index in [1.165, 1.54) is 0 Å². The van der Waals surface area contributed by atoms with Crippen LogP contribution in [0.4, 0.5) is 0 Å². The van der Waals surface area contributed by atoms with Gasteiger partial charge in [0.25, 0.3) is 0 Å². The molecule has 1 rings (SSSR count). The van der Waals surface area contributed by atoms with Gasteiger partial charge in [0.05, 0.1) is 13.0 Å². The second-order valence-electron chi connectivity index (χ2n) is 4.59. The Balaban J connectivity index is 2.40. The average Bonchev–Trinajstić information content (AvgIpc) is 2.22. The fraction of sp³-hybridized carbons (Fsp3) is 0.500. The van der Waals surface area contributed by atoms with Gasteiger partial charge < -0.3 is 10.1 Å². The molecule has 0 aliphatic heterocycles. The highest BCUT2D eigenvalue weighted by atomic mass is 16.5. The summed E-state index contributed by atoms with van der Waals surface area (Å²) in [7, 11) is 0. The first-order valence-electron chi connectivity index (χ1n) is 5.98. The highest BCUT2D eigenvalue weighted by Crippen LogP contribution is 2.19. The Bertz CT molecular complexity index is 386. The number of benzene rings is 1. The first-order chi connectivity index (χ1) is 7.99. The molecule has 1 aromatic carbocycles. The normalized spacial score (nSPS) is 10.4. The molecule has 0 aliphatic carbocycles. The quantitative estimate of drug-likeness (QED) is 0.852. The monoisotopic (exact) mass is 235 g/mol. The van der Waals surface area contributed by atoms with E-state index in [2.05, 4.69) is 5.32 Å². The van der Waals surface area contributed by atoms with Crippen LogP contribution >= 0.6 is 0 Å². The van der Waals surface area contributed by atoms with E-state index in [0.717, 1.165) is 16.9 Å². The largest absolute Gasteiger partial charge is 0.493 e. The Morgan fingerprint density at radius 2 is 2.06 bits per heavy atom. The molecular formula is C14H21NO2. The first-order valence-corrected chi connectivity index (χ1v) is 5.98. The molecule has 1 N–H and O–H groups in total. The zero-order chi connectivity index (χ0) is 12.8. The molecule has 0 aliphatic rings. The van der Waals surface area contributed by atoms with Crippen molar-refractivity contribution in [1.82, 2.24) is 5.32 Å². The summed E-state index contributed by atoms with van der Waals surface area (Å²) in [5.74, 6) is 0.896. The summed E-state index contributed by atoms with van der Waals surface area (Å²) in [5, 5.41) is 2.84. The van der Waals surface area contributed by atoms with Gasteiger partial charge in [-0.2, -0.15) is 0 Å². The number of carbonyl (C=O) groups is 1. The van der Waals surface area contributed by atoms with Crippen LogP contribution in [0.5, 0.6) is 5.75 Å². The molecule has 3 nitrogen and oxygen atoms in total. The van der Waals surface area contributed by atoms with Gasteiger partial charge in [0.15, 0.2) is 0 Å². The van der Waals surface area contributed by atoms with Crippen LogP contribution in [0.2, 0.25) is 0 Å². The molecule has 3 heteroatoms. The minimum Gasteiger partial charge on any atom is -0.493 e. The fourth-order valence-electron chi connectivity index (χ4n) is 1.51. The minimum absolute atomic E-state index is 0.0327. The van der Waals surface area contributed by atoms with Crippen molar-refractivity contribution in [3.8, 4) is 5.75 Å². The molecule has 0 unspecified atom stereocenters. The van der Waals surface area contributed by atoms with Crippen LogP contribution in [-0.2, 0) is 4.79 Å². The molecule has 0 spiro atoms. The standard InChI is InChI=1S/C14H21NO2/c1-10(2)15-14(16)7-8-17-13-9-11(3)5-6-12(13)4/h5-6,9-10H,7-8H2,1-4H3,(H,15,16). The summed E-state index contributed by atoms with van der Waals surface area (Å²) < 4.78 is 5.61. The zero-order valence-electron chi connectivity index (χ0n) is 11.0. The molecule has 0 aromatic heterocycles. The van der Waals surface area contributed by atoms with Gasteiger partial charge in [0, 0.05) is 6.04 Å². The summed E-state index contributed by atoms with van der Waals surface area (Å²) in [6, 6.07) is 6.26. The second-order valence-corrected chi connectivity index (χ2v) is 4.59. The van der Waals surface area contributed by atoms with Crippen LogP contribution in [0.15, 0.2) is 18.2 Å². The lowest BCUT2D eigenvalue weighted by Gasteiger charge is -2.11. The molecule has 17 heavy (non-hydrogen) atoms. The van der Waals surface area contributed by atoms with E-state index >= 15 is 0 Å². The summed E-state index contributed by atoms with van der Waals surface area (Å²) in [6.07, 6.45) is 0.394. The van der Waals surface area contributed by atoms with Crippen molar-refractivity contribution in [1.29, 1.82) is 0 Å². The summed E-state index contributed by atoms with van der Waals surface area (Å²) in [6.45, 7) is 8.34. The number of ether oxygens (including phenoxy) is 1. The molecule has 0 saturated carbocycles. The van der Waals surface area contributed by atoms with Gasteiger partial charge in [-0.3, -0.25) is 4.79 Å². The van der Waals surface area contributed by atoms with Gasteiger partial charge in [-0.15, -0.1) is 0 Å². The van der Waals surface area contributed by atoms with Crippen LogP contribution in [-0.4, -0.2) is 18.6 Å². The molecule has 1 amide bonds. The van der Waals surface area contributed by atoms with E-state index in [9.17, 15) is 4.79 Å². The van der Waals surface area contributed by atoms with Crippen molar-refractivity contribution >= 4 is 5.91 Å². The van der Waals surface area contributed by atoms with E-state index in [0.29, 0.717) is 13.0 Å². The van der Waals surface area contributed by atoms with E-state index < -0.39 is 0 Å².